The normalized spacial score (nSPS) is 13.1. The predicted octanol–water partition coefficient (Wildman–Crippen LogP) is 5.19. The number of carboxylic acids is 1. The van der Waals surface area contributed by atoms with Gasteiger partial charge in [0.2, 0.25) is 5.91 Å². The number of carbonyl (C=O) groups is 3. The molecule has 188 valence electrons. The number of hydrogen-bond acceptors (Lipinski definition) is 4. The van der Waals surface area contributed by atoms with Gasteiger partial charge in [-0.2, -0.15) is 0 Å². The first-order valence-corrected chi connectivity index (χ1v) is 12.4. The molecule has 7 heteroatoms. The van der Waals surface area contributed by atoms with Crippen LogP contribution in [0.15, 0.2) is 48.5 Å². The number of nitrogens with zero attached hydrogens (tertiary/aromatic N) is 1. The van der Waals surface area contributed by atoms with E-state index in [0.717, 1.165) is 24.0 Å². The van der Waals surface area contributed by atoms with Gasteiger partial charge in [0.1, 0.15) is 6.61 Å². The highest BCUT2D eigenvalue weighted by molar-refractivity contribution is 5.80. The van der Waals surface area contributed by atoms with Crippen molar-refractivity contribution in [3.63, 3.8) is 0 Å². The van der Waals surface area contributed by atoms with E-state index in [0.29, 0.717) is 6.42 Å². The Labute approximate surface area is 207 Å². The molecule has 2 N–H and O–H groups in total. The summed E-state index contributed by atoms with van der Waals surface area (Å²) in [6, 6.07) is 15.8. The number of carbonyl (C=O) groups excluding carboxylic acids is 2. The van der Waals surface area contributed by atoms with Crippen molar-refractivity contribution in [2.45, 2.75) is 70.9 Å². The number of nitrogens with one attached hydrogen (secondary N) is 1. The maximum absolute atomic E-state index is 12.9. The van der Waals surface area contributed by atoms with Crippen molar-refractivity contribution in [3.8, 4) is 11.1 Å². The van der Waals surface area contributed by atoms with Gasteiger partial charge in [0.25, 0.3) is 0 Å². The van der Waals surface area contributed by atoms with Crippen LogP contribution in [0.25, 0.3) is 11.1 Å². The molecule has 0 aliphatic heterocycles. The predicted molar refractivity (Wildman–Crippen MR) is 135 cm³/mol. The molecule has 0 fully saturated rings. The summed E-state index contributed by atoms with van der Waals surface area (Å²) in [6.45, 7) is 6.14. The van der Waals surface area contributed by atoms with Gasteiger partial charge < -0.3 is 20.1 Å². The molecule has 0 unspecified atom stereocenters. The smallest absolute Gasteiger partial charge is 0.407 e. The fourth-order valence-electron chi connectivity index (χ4n) is 4.70. The van der Waals surface area contributed by atoms with Gasteiger partial charge in [-0.1, -0.05) is 68.3 Å². The lowest BCUT2D eigenvalue weighted by Gasteiger charge is -2.28. The molecular formula is C28H36N2O5. The molecule has 3 rings (SSSR count). The Kier molecular flexibility index (Phi) is 9.29. The summed E-state index contributed by atoms with van der Waals surface area (Å²) in [7, 11) is 0. The number of rotatable bonds is 12. The summed E-state index contributed by atoms with van der Waals surface area (Å²) in [6.07, 6.45) is 1.91. The Balaban J connectivity index is 1.62. The number of hydrogen-bond donors (Lipinski definition) is 2. The third-order valence-corrected chi connectivity index (χ3v) is 6.50. The van der Waals surface area contributed by atoms with Gasteiger partial charge in [0.05, 0.1) is 6.42 Å². The third-order valence-electron chi connectivity index (χ3n) is 6.50. The number of carboxylic acid groups (broad SMARTS) is 1. The Hall–Kier alpha value is -3.35. The lowest BCUT2D eigenvalue weighted by atomic mass is 9.98. The van der Waals surface area contributed by atoms with Crippen LogP contribution in [0.2, 0.25) is 0 Å². The SMILES string of the molecule is CCCC[C@@H](CC(=O)N(CCC(=O)O)C(C)C)NC(=O)OCC1c2ccccc2-c2ccccc21. The maximum atomic E-state index is 12.9. The summed E-state index contributed by atoms with van der Waals surface area (Å²) in [5.74, 6) is -1.14. The molecule has 0 spiro atoms. The minimum Gasteiger partial charge on any atom is -0.481 e. The van der Waals surface area contributed by atoms with Crippen LogP contribution in [0.4, 0.5) is 4.79 Å². The zero-order valence-electron chi connectivity index (χ0n) is 20.8. The molecule has 1 aliphatic carbocycles. The first-order valence-electron chi connectivity index (χ1n) is 12.4. The first kappa shape index (κ1) is 26.3. The van der Waals surface area contributed by atoms with Gasteiger partial charge in [-0.05, 0) is 42.5 Å². The van der Waals surface area contributed by atoms with Crippen molar-refractivity contribution < 1.29 is 24.2 Å². The minimum atomic E-state index is -0.942. The average Bonchev–Trinajstić information content (AvgIpc) is 3.14. The Bertz CT molecular complexity index is 990. The molecule has 0 radical (unpaired) electrons. The van der Waals surface area contributed by atoms with Crippen molar-refractivity contribution in [2.75, 3.05) is 13.2 Å². The van der Waals surface area contributed by atoms with Crippen LogP contribution in [0.3, 0.4) is 0 Å². The molecule has 0 saturated carbocycles. The average molecular weight is 481 g/mol. The fraction of sp³-hybridized carbons (Fsp3) is 0.464. The second kappa shape index (κ2) is 12.4. The molecule has 2 amide bonds. The van der Waals surface area contributed by atoms with Gasteiger partial charge in [0.15, 0.2) is 0 Å². The van der Waals surface area contributed by atoms with Crippen LogP contribution < -0.4 is 5.32 Å². The number of ether oxygens (including phenoxy) is 1. The van der Waals surface area contributed by atoms with Crippen LogP contribution in [-0.4, -0.2) is 53.2 Å². The van der Waals surface area contributed by atoms with Gasteiger partial charge in [-0.15, -0.1) is 0 Å². The highest BCUT2D eigenvalue weighted by Crippen LogP contribution is 2.44. The number of unbranched alkanes of at least 4 members (excludes halogenated alkanes) is 1. The first-order chi connectivity index (χ1) is 16.8. The number of amides is 2. The summed E-state index contributed by atoms with van der Waals surface area (Å²) in [5, 5.41) is 11.9. The van der Waals surface area contributed by atoms with Crippen LogP contribution in [0, 0.1) is 0 Å². The van der Waals surface area contributed by atoms with E-state index in [1.165, 1.54) is 11.1 Å². The second-order valence-electron chi connectivity index (χ2n) is 9.34. The number of alkyl carbamates (subject to hydrolysis) is 1. The summed E-state index contributed by atoms with van der Waals surface area (Å²) in [4.78, 5) is 38.2. The van der Waals surface area contributed by atoms with E-state index < -0.39 is 12.1 Å². The van der Waals surface area contributed by atoms with Crippen LogP contribution in [0.5, 0.6) is 0 Å². The number of aliphatic carboxylic acids is 1. The van der Waals surface area contributed by atoms with E-state index >= 15 is 0 Å². The van der Waals surface area contributed by atoms with Crippen LogP contribution in [0.1, 0.15) is 69.9 Å². The Morgan fingerprint density at radius 2 is 1.63 bits per heavy atom. The van der Waals surface area contributed by atoms with E-state index in [2.05, 4.69) is 36.5 Å². The lowest BCUT2D eigenvalue weighted by Crippen LogP contribution is -2.44. The third kappa shape index (κ3) is 6.84. The molecule has 0 aromatic heterocycles. The second-order valence-corrected chi connectivity index (χ2v) is 9.34. The quantitative estimate of drug-likeness (QED) is 0.436. The molecule has 35 heavy (non-hydrogen) atoms. The maximum Gasteiger partial charge on any atom is 0.407 e. The van der Waals surface area contributed by atoms with E-state index in [9.17, 15) is 14.4 Å². The van der Waals surface area contributed by atoms with Crippen molar-refractivity contribution in [1.82, 2.24) is 10.2 Å². The van der Waals surface area contributed by atoms with E-state index in [1.807, 2.05) is 38.1 Å². The summed E-state index contributed by atoms with van der Waals surface area (Å²) >= 11 is 0. The zero-order chi connectivity index (χ0) is 25.4. The highest BCUT2D eigenvalue weighted by Gasteiger charge is 2.29. The van der Waals surface area contributed by atoms with Crippen LogP contribution >= 0.6 is 0 Å². The molecular weight excluding hydrogens is 444 g/mol. The van der Waals surface area contributed by atoms with Crippen molar-refractivity contribution in [2.24, 2.45) is 0 Å². The summed E-state index contributed by atoms with van der Waals surface area (Å²) < 4.78 is 5.67. The van der Waals surface area contributed by atoms with Gasteiger partial charge in [-0.25, -0.2) is 4.79 Å². The van der Waals surface area contributed by atoms with Gasteiger partial charge >= 0.3 is 12.1 Å². The number of benzene rings is 2. The van der Waals surface area contributed by atoms with E-state index in [4.69, 9.17) is 9.84 Å². The summed E-state index contributed by atoms with van der Waals surface area (Å²) in [5.41, 5.74) is 4.62. The lowest BCUT2D eigenvalue weighted by molar-refractivity contribution is -0.139. The minimum absolute atomic E-state index is 0.0312. The monoisotopic (exact) mass is 480 g/mol. The van der Waals surface area contributed by atoms with Gasteiger partial charge in [-0.3, -0.25) is 9.59 Å². The molecule has 1 atom stereocenters. The van der Waals surface area contributed by atoms with Crippen molar-refractivity contribution >= 4 is 18.0 Å². The van der Waals surface area contributed by atoms with E-state index in [-0.39, 0.29) is 49.9 Å². The molecule has 0 bridgehead atoms. The molecule has 7 nitrogen and oxygen atoms in total. The van der Waals surface area contributed by atoms with Crippen molar-refractivity contribution in [1.29, 1.82) is 0 Å². The topological polar surface area (TPSA) is 95.9 Å². The number of fused-ring (bicyclic) bond motifs is 3. The Morgan fingerprint density at radius 3 is 2.17 bits per heavy atom. The highest BCUT2D eigenvalue weighted by atomic mass is 16.5. The molecule has 0 saturated heterocycles. The fourth-order valence-corrected chi connectivity index (χ4v) is 4.70. The van der Waals surface area contributed by atoms with E-state index in [1.54, 1.807) is 4.90 Å². The molecule has 1 aliphatic rings. The molecule has 0 heterocycles. The Morgan fingerprint density at radius 1 is 1.03 bits per heavy atom. The standard InChI is InChI=1S/C28H36N2O5/c1-4-5-10-20(17-26(31)30(19(2)3)16-15-27(32)33)29-28(34)35-18-25-23-13-8-6-11-21(23)22-12-7-9-14-24(22)25/h6-9,11-14,19-20,25H,4-5,10,15-18H2,1-3H3,(H,29,34)(H,32,33)/t20-/m0/s1. The largest absolute Gasteiger partial charge is 0.481 e. The van der Waals surface area contributed by atoms with Gasteiger partial charge in [0, 0.05) is 31.0 Å². The molecule has 2 aromatic rings. The van der Waals surface area contributed by atoms with Crippen LogP contribution in [-0.2, 0) is 14.3 Å². The molecule has 2 aromatic carbocycles. The van der Waals surface area contributed by atoms with Crippen molar-refractivity contribution in [3.05, 3.63) is 59.7 Å². The zero-order valence-corrected chi connectivity index (χ0v) is 20.8.